The van der Waals surface area contributed by atoms with Crippen LogP contribution in [0.4, 0.5) is 0 Å². The lowest BCUT2D eigenvalue weighted by Gasteiger charge is -2.39. The summed E-state index contributed by atoms with van der Waals surface area (Å²) in [7, 11) is -3.66. The maximum Gasteiger partial charge on any atom is 0.262 e. The topological polar surface area (TPSA) is 9.23 Å². The van der Waals surface area contributed by atoms with Crippen molar-refractivity contribution in [1.82, 2.24) is 0 Å². The second-order valence-electron chi connectivity index (χ2n) is 6.45. The van der Waals surface area contributed by atoms with Crippen LogP contribution in [0.5, 0.6) is 0 Å². The van der Waals surface area contributed by atoms with Gasteiger partial charge in [0.05, 0.1) is 14.4 Å². The van der Waals surface area contributed by atoms with Gasteiger partial charge in [0.15, 0.2) is 8.32 Å². The first-order chi connectivity index (χ1) is 8.77. The molecular weight excluding hydrogens is 327 g/mol. The van der Waals surface area contributed by atoms with Gasteiger partial charge in [-0.3, -0.25) is 0 Å². The zero-order valence-corrected chi connectivity index (χ0v) is 18.5. The molecule has 116 valence electrons. The Balaban J connectivity index is 4.28. The van der Waals surface area contributed by atoms with E-state index in [-0.39, 0.29) is 14.4 Å². The van der Waals surface area contributed by atoms with Gasteiger partial charge in [-0.2, -0.15) is 0 Å². The van der Waals surface area contributed by atoms with Crippen LogP contribution in [0, 0.1) is 0 Å². The van der Waals surface area contributed by atoms with Crippen molar-refractivity contribution < 1.29 is 4.43 Å². The molecule has 1 atom stereocenters. The summed E-state index contributed by atoms with van der Waals surface area (Å²) < 4.78 is 6.46. The molecule has 0 aliphatic carbocycles. The van der Waals surface area contributed by atoms with Gasteiger partial charge in [0.25, 0.3) is 7.42 Å². The second-order valence-corrected chi connectivity index (χ2v) is 18.5. The molecule has 0 saturated carbocycles. The van der Waals surface area contributed by atoms with Crippen molar-refractivity contribution in [1.29, 1.82) is 0 Å². The molecule has 0 N–H and O–H groups in total. The largest absolute Gasteiger partial charge is 0.416 e. The molecule has 0 aromatic carbocycles. The average molecular weight is 360 g/mol. The van der Waals surface area contributed by atoms with Crippen LogP contribution < -0.4 is 0 Å². The summed E-state index contributed by atoms with van der Waals surface area (Å²) in [5.74, 6) is 0. The molecule has 1 unspecified atom stereocenters. The summed E-state index contributed by atoms with van der Waals surface area (Å²) in [5, 5.41) is 0. The summed E-state index contributed by atoms with van der Waals surface area (Å²) >= 11 is 12.8. The van der Waals surface area contributed by atoms with Crippen LogP contribution >= 0.6 is 22.2 Å². The van der Waals surface area contributed by atoms with E-state index in [9.17, 15) is 0 Å². The highest BCUT2D eigenvalue weighted by molar-refractivity contribution is 7.37. The van der Waals surface area contributed by atoms with Crippen LogP contribution in [0.1, 0.15) is 51.9 Å². The average Bonchev–Trinajstić information content (AvgIpc) is 2.30. The fourth-order valence-electron chi connectivity index (χ4n) is 2.42. The standard InChI is InChI=1S/C13H32Cl2OSi3/c1-6-7-8-9-10-11-12-13(17-2,18(14)15)16-19(3,4)5/h18H,6-12,17H2,1-5H3. The predicted octanol–water partition coefficient (Wildman–Crippen LogP) is 4.74. The number of hydrogen-bond acceptors (Lipinski definition) is 1. The molecule has 0 rings (SSSR count). The number of halogens is 2. The third-order valence-electron chi connectivity index (χ3n) is 3.46. The molecule has 0 radical (unpaired) electrons. The number of rotatable bonds is 11. The van der Waals surface area contributed by atoms with E-state index in [0.29, 0.717) is 0 Å². The van der Waals surface area contributed by atoms with Gasteiger partial charge >= 0.3 is 0 Å². The van der Waals surface area contributed by atoms with Gasteiger partial charge in [-0.25, -0.2) is 0 Å². The summed E-state index contributed by atoms with van der Waals surface area (Å²) in [5.41, 5.74) is 0. The van der Waals surface area contributed by atoms with Crippen LogP contribution in [0.15, 0.2) is 0 Å². The molecule has 1 nitrogen and oxygen atoms in total. The fourth-order valence-corrected chi connectivity index (χ4v) is 13.5. The van der Waals surface area contributed by atoms with Crippen LogP contribution in [-0.2, 0) is 4.43 Å². The lowest BCUT2D eigenvalue weighted by molar-refractivity contribution is 0.210. The Hall–Kier alpha value is 1.19. The molecule has 0 aliphatic heterocycles. The Morgan fingerprint density at radius 1 is 1.05 bits per heavy atom. The Morgan fingerprint density at radius 2 is 1.58 bits per heavy atom. The Morgan fingerprint density at radius 3 is 2.00 bits per heavy atom. The van der Waals surface area contributed by atoms with Crippen LogP contribution in [0.3, 0.4) is 0 Å². The molecule has 0 aliphatic rings. The molecular formula is C13H32Cl2OSi3. The highest BCUT2D eigenvalue weighted by atomic mass is 35.7. The predicted molar refractivity (Wildman–Crippen MR) is 98.4 cm³/mol. The monoisotopic (exact) mass is 358 g/mol. The summed E-state index contributed by atoms with van der Waals surface area (Å²) in [4.78, 5) is -0.0572. The van der Waals surface area contributed by atoms with Crippen molar-refractivity contribution in [2.24, 2.45) is 0 Å². The van der Waals surface area contributed by atoms with Crippen molar-refractivity contribution in [3.8, 4) is 0 Å². The molecule has 0 saturated heterocycles. The fraction of sp³-hybridized carbons (Fsp3) is 1.00. The van der Waals surface area contributed by atoms with E-state index >= 15 is 0 Å². The molecule has 0 aromatic heterocycles. The molecule has 0 heterocycles. The van der Waals surface area contributed by atoms with Gasteiger partial charge in [0.1, 0.15) is 0 Å². The highest BCUT2D eigenvalue weighted by Gasteiger charge is 2.40. The van der Waals surface area contributed by atoms with Gasteiger partial charge in [0, 0.05) is 0 Å². The lowest BCUT2D eigenvalue weighted by atomic mass is 10.1. The highest BCUT2D eigenvalue weighted by Crippen LogP contribution is 2.30. The van der Waals surface area contributed by atoms with Crippen molar-refractivity contribution in [2.45, 2.75) is 82.9 Å². The SMILES string of the molecule is CCCCCCCCC(O[Si](C)(C)C)([SiH2]C)[SiH](Cl)Cl. The van der Waals surface area contributed by atoms with Crippen molar-refractivity contribution in [3.05, 3.63) is 0 Å². The third kappa shape index (κ3) is 8.94. The minimum atomic E-state index is -1.77. The summed E-state index contributed by atoms with van der Waals surface area (Å²) in [6.07, 6.45) is 9.03. The maximum absolute atomic E-state index is 6.46. The Labute approximate surface area is 134 Å². The van der Waals surface area contributed by atoms with E-state index in [1.807, 2.05) is 0 Å². The number of unbranched alkanes of at least 4 members (excludes halogenated alkanes) is 5. The first kappa shape index (κ1) is 20.2. The van der Waals surface area contributed by atoms with E-state index < -0.39 is 15.7 Å². The molecule has 19 heavy (non-hydrogen) atoms. The molecule has 0 spiro atoms. The Bertz CT molecular complexity index is 234. The number of hydrogen-bond donors (Lipinski definition) is 0. The van der Waals surface area contributed by atoms with Crippen molar-refractivity contribution in [2.75, 3.05) is 0 Å². The maximum atomic E-state index is 6.46. The quantitative estimate of drug-likeness (QED) is 0.294. The summed E-state index contributed by atoms with van der Waals surface area (Å²) in [6.45, 7) is 11.3. The lowest BCUT2D eigenvalue weighted by Crippen LogP contribution is -2.53. The van der Waals surface area contributed by atoms with Gasteiger partial charge in [0.2, 0.25) is 0 Å². The molecule has 0 aromatic rings. The van der Waals surface area contributed by atoms with Crippen molar-refractivity contribution in [3.63, 3.8) is 0 Å². The van der Waals surface area contributed by atoms with Crippen LogP contribution in [0.25, 0.3) is 0 Å². The molecule has 0 amide bonds. The van der Waals surface area contributed by atoms with Crippen LogP contribution in [-0.4, -0.2) is 30.1 Å². The van der Waals surface area contributed by atoms with E-state index in [1.54, 1.807) is 0 Å². The zero-order chi connectivity index (χ0) is 14.9. The van der Waals surface area contributed by atoms with Gasteiger partial charge in [-0.15, -0.1) is 22.2 Å². The van der Waals surface area contributed by atoms with Crippen molar-refractivity contribution >= 4 is 47.4 Å². The smallest absolute Gasteiger partial charge is 0.262 e. The van der Waals surface area contributed by atoms with Gasteiger partial charge in [-0.05, 0) is 26.1 Å². The van der Waals surface area contributed by atoms with Crippen LogP contribution in [0.2, 0.25) is 26.2 Å². The van der Waals surface area contributed by atoms with Gasteiger partial charge in [-0.1, -0.05) is 52.0 Å². The minimum absolute atomic E-state index is 0.0572. The van der Waals surface area contributed by atoms with E-state index in [4.69, 9.17) is 26.6 Å². The molecule has 0 fully saturated rings. The summed E-state index contributed by atoms with van der Waals surface area (Å²) in [6, 6.07) is 0. The molecule has 6 heteroatoms. The zero-order valence-electron chi connectivity index (χ0n) is 13.4. The van der Waals surface area contributed by atoms with Gasteiger partial charge < -0.3 is 4.43 Å². The van der Waals surface area contributed by atoms with E-state index in [0.717, 1.165) is 6.42 Å². The van der Waals surface area contributed by atoms with E-state index in [1.165, 1.54) is 38.5 Å². The first-order valence-electron chi connectivity index (χ1n) is 7.75. The normalized spacial score (nSPS) is 16.4. The Kier molecular flexibility index (Phi) is 10.6. The second kappa shape index (κ2) is 10.0. The third-order valence-corrected chi connectivity index (χ3v) is 14.3. The first-order valence-corrected chi connectivity index (χ1v) is 17.4. The van der Waals surface area contributed by atoms with E-state index in [2.05, 4.69) is 33.1 Å². The molecule has 0 bridgehead atoms. The minimum Gasteiger partial charge on any atom is -0.416 e.